The van der Waals surface area contributed by atoms with Gasteiger partial charge in [0.1, 0.15) is 0 Å². The zero-order chi connectivity index (χ0) is 15.6. The van der Waals surface area contributed by atoms with Gasteiger partial charge in [0, 0.05) is 0 Å². The van der Waals surface area contributed by atoms with Gasteiger partial charge in [-0.3, -0.25) is 0 Å². The molecule has 0 aromatic heterocycles. The highest BCUT2D eigenvalue weighted by Crippen LogP contribution is 2.61. The number of aliphatic hydroxyl groups is 1. The summed E-state index contributed by atoms with van der Waals surface area (Å²) in [5.74, 6) is -1.46. The predicted molar refractivity (Wildman–Crippen MR) is 78.6 cm³/mol. The minimum absolute atomic E-state index is 0.0350. The van der Waals surface area contributed by atoms with Crippen molar-refractivity contribution >= 4 is 0 Å². The minimum Gasteiger partial charge on any atom is -0.503 e. The summed E-state index contributed by atoms with van der Waals surface area (Å²) in [5, 5.41) is 19.8. The molecule has 0 aliphatic heterocycles. The topological polar surface area (TPSA) is 40.5 Å². The summed E-state index contributed by atoms with van der Waals surface area (Å²) in [4.78, 5) is 0. The van der Waals surface area contributed by atoms with Gasteiger partial charge in [-0.15, -0.1) is 0 Å². The quantitative estimate of drug-likeness (QED) is 0.763. The average molecular weight is 308 g/mol. The number of hydrogen-bond donors (Lipinski definition) is 2. The van der Waals surface area contributed by atoms with Crippen LogP contribution in [0.15, 0.2) is 6.07 Å². The number of benzene rings is 1. The van der Waals surface area contributed by atoms with E-state index in [0.29, 0.717) is 23.8 Å². The smallest absolute Gasteiger partial charge is 0.188 e. The number of rotatable bonds is 0. The van der Waals surface area contributed by atoms with Gasteiger partial charge >= 0.3 is 0 Å². The van der Waals surface area contributed by atoms with E-state index in [1.54, 1.807) is 0 Å². The zero-order valence-electron chi connectivity index (χ0n) is 12.8. The molecule has 2 N–H and O–H groups in total. The van der Waals surface area contributed by atoms with Crippen LogP contribution in [0.4, 0.5) is 8.78 Å². The second-order valence-electron chi connectivity index (χ2n) is 7.64. The molecule has 0 heterocycles. The summed E-state index contributed by atoms with van der Waals surface area (Å²) in [5.41, 5.74) is 1.22. The molecule has 4 rings (SSSR count). The van der Waals surface area contributed by atoms with Crippen molar-refractivity contribution in [3.05, 3.63) is 28.8 Å². The van der Waals surface area contributed by atoms with Gasteiger partial charge in [0.25, 0.3) is 0 Å². The normalized spacial score (nSPS) is 40.0. The fourth-order valence-corrected chi connectivity index (χ4v) is 5.61. The van der Waals surface area contributed by atoms with Crippen molar-refractivity contribution in [2.45, 2.75) is 57.5 Å². The molecule has 2 fully saturated rings. The summed E-state index contributed by atoms with van der Waals surface area (Å²) in [6.07, 6.45) is 4.81. The number of halogens is 2. The fraction of sp³-hybridized carbons (Fsp3) is 0.667. The summed E-state index contributed by atoms with van der Waals surface area (Å²) in [6.45, 7) is 2.18. The van der Waals surface area contributed by atoms with E-state index in [4.69, 9.17) is 0 Å². The first-order valence-electron chi connectivity index (χ1n) is 8.31. The van der Waals surface area contributed by atoms with Crippen LogP contribution in [0.5, 0.6) is 5.75 Å². The van der Waals surface area contributed by atoms with Gasteiger partial charge in [-0.05, 0) is 78.9 Å². The molecule has 4 heteroatoms. The van der Waals surface area contributed by atoms with Gasteiger partial charge in [-0.25, -0.2) is 8.78 Å². The highest BCUT2D eigenvalue weighted by Gasteiger charge is 2.54. The monoisotopic (exact) mass is 308 g/mol. The molecule has 0 unspecified atom stereocenters. The molecular weight excluding hydrogens is 286 g/mol. The van der Waals surface area contributed by atoms with Crippen LogP contribution in [0.2, 0.25) is 0 Å². The molecule has 0 radical (unpaired) electrons. The molecule has 0 amide bonds. The van der Waals surface area contributed by atoms with Gasteiger partial charge in [0.05, 0.1) is 6.10 Å². The lowest BCUT2D eigenvalue weighted by Gasteiger charge is -2.50. The van der Waals surface area contributed by atoms with Gasteiger partial charge < -0.3 is 10.2 Å². The van der Waals surface area contributed by atoms with Crippen LogP contribution in [0, 0.1) is 28.9 Å². The van der Waals surface area contributed by atoms with Crippen LogP contribution in [-0.2, 0) is 6.42 Å². The van der Waals surface area contributed by atoms with Crippen LogP contribution in [0.3, 0.4) is 0 Å². The van der Waals surface area contributed by atoms with Crippen molar-refractivity contribution in [1.29, 1.82) is 0 Å². The molecule has 22 heavy (non-hydrogen) atoms. The first-order valence-corrected chi connectivity index (χ1v) is 8.31. The van der Waals surface area contributed by atoms with E-state index < -0.39 is 17.4 Å². The van der Waals surface area contributed by atoms with Crippen LogP contribution in [0.25, 0.3) is 0 Å². The molecule has 5 atom stereocenters. The maximum Gasteiger partial charge on any atom is 0.188 e. The Morgan fingerprint density at radius 3 is 2.73 bits per heavy atom. The van der Waals surface area contributed by atoms with Crippen molar-refractivity contribution < 1.29 is 19.0 Å². The van der Waals surface area contributed by atoms with Crippen molar-refractivity contribution in [3.63, 3.8) is 0 Å². The third kappa shape index (κ3) is 1.73. The third-order valence-electron chi connectivity index (χ3n) is 6.84. The molecule has 2 saturated carbocycles. The Hall–Kier alpha value is -1.16. The number of fused-ring (bicyclic) bond motifs is 5. The van der Waals surface area contributed by atoms with Gasteiger partial charge in [-0.1, -0.05) is 6.92 Å². The standard InChI is InChI=1S/C18H22F2O2/c1-18-7-6-9-10(13(18)4-5-15(18)21)2-3-11-12(9)8-14(19)17(22)16(11)20/h8-10,13,15,21-22H,2-7H2,1H3/t9-,10+,13-,15-,18-/m0/s1. The van der Waals surface area contributed by atoms with Gasteiger partial charge in [-0.2, -0.15) is 0 Å². The Kier molecular flexibility index (Phi) is 3.06. The predicted octanol–water partition coefficient (Wildman–Crippen LogP) is 3.89. The largest absolute Gasteiger partial charge is 0.503 e. The number of phenolic OH excluding ortho intramolecular Hbond substituents is 1. The second-order valence-corrected chi connectivity index (χ2v) is 7.64. The molecule has 120 valence electrons. The Labute approximate surface area is 129 Å². The summed E-state index contributed by atoms with van der Waals surface area (Å²) >= 11 is 0. The minimum atomic E-state index is -0.850. The molecule has 0 bridgehead atoms. The first-order chi connectivity index (χ1) is 10.4. The van der Waals surface area contributed by atoms with Crippen LogP contribution in [0.1, 0.15) is 56.1 Å². The van der Waals surface area contributed by atoms with Gasteiger partial charge in [0.2, 0.25) is 0 Å². The third-order valence-corrected chi connectivity index (χ3v) is 6.84. The average Bonchev–Trinajstić information content (AvgIpc) is 2.80. The highest BCUT2D eigenvalue weighted by atomic mass is 19.1. The lowest BCUT2D eigenvalue weighted by molar-refractivity contribution is -0.0228. The molecule has 3 aliphatic rings. The molecule has 0 saturated heterocycles. The summed E-state index contributed by atoms with van der Waals surface area (Å²) in [6, 6.07) is 1.35. The lowest BCUT2D eigenvalue weighted by Crippen LogP contribution is -2.44. The number of hydrogen-bond acceptors (Lipinski definition) is 2. The Balaban J connectivity index is 1.76. The maximum atomic E-state index is 14.2. The van der Waals surface area contributed by atoms with Crippen LogP contribution >= 0.6 is 0 Å². The van der Waals surface area contributed by atoms with Crippen LogP contribution in [-0.4, -0.2) is 16.3 Å². The highest BCUT2D eigenvalue weighted by molar-refractivity contribution is 5.42. The van der Waals surface area contributed by atoms with E-state index in [9.17, 15) is 19.0 Å². The Bertz CT molecular complexity index is 630. The van der Waals surface area contributed by atoms with Crippen molar-refractivity contribution in [1.82, 2.24) is 0 Å². The number of aliphatic hydroxyl groups excluding tert-OH is 1. The summed E-state index contributed by atoms with van der Waals surface area (Å²) < 4.78 is 28.0. The molecule has 1 aromatic rings. The van der Waals surface area contributed by atoms with Crippen molar-refractivity contribution in [3.8, 4) is 5.75 Å². The van der Waals surface area contributed by atoms with E-state index in [2.05, 4.69) is 6.92 Å². The molecule has 3 aliphatic carbocycles. The van der Waals surface area contributed by atoms with E-state index in [0.717, 1.165) is 37.7 Å². The first kappa shape index (κ1) is 14.4. The van der Waals surface area contributed by atoms with Crippen molar-refractivity contribution in [2.24, 2.45) is 17.3 Å². The lowest BCUT2D eigenvalue weighted by atomic mass is 9.55. The molecular formula is C18H22F2O2. The number of phenols is 1. The van der Waals surface area contributed by atoms with E-state index in [1.807, 2.05) is 0 Å². The van der Waals surface area contributed by atoms with Gasteiger partial charge in [0.15, 0.2) is 17.4 Å². The van der Waals surface area contributed by atoms with E-state index in [-0.39, 0.29) is 17.4 Å². The summed E-state index contributed by atoms with van der Waals surface area (Å²) in [7, 11) is 0. The van der Waals surface area contributed by atoms with Crippen molar-refractivity contribution in [2.75, 3.05) is 0 Å². The SMILES string of the molecule is C[C@]12CC[C@@H]3c4cc(F)c(O)c(F)c4CC[C@H]3[C@@H]1CC[C@@H]2O. The number of aromatic hydroxyl groups is 1. The Morgan fingerprint density at radius 1 is 1.18 bits per heavy atom. The maximum absolute atomic E-state index is 14.2. The second kappa shape index (κ2) is 4.67. The molecule has 1 aromatic carbocycles. The molecule has 2 nitrogen and oxygen atoms in total. The molecule has 0 spiro atoms. The Morgan fingerprint density at radius 2 is 1.95 bits per heavy atom. The zero-order valence-corrected chi connectivity index (χ0v) is 12.8. The van der Waals surface area contributed by atoms with E-state index >= 15 is 0 Å². The van der Waals surface area contributed by atoms with E-state index in [1.165, 1.54) is 6.07 Å². The fourth-order valence-electron chi connectivity index (χ4n) is 5.61. The van der Waals surface area contributed by atoms with Crippen LogP contribution < -0.4 is 0 Å².